The van der Waals surface area contributed by atoms with E-state index in [-0.39, 0.29) is 11.7 Å². The summed E-state index contributed by atoms with van der Waals surface area (Å²) in [5.41, 5.74) is 6.42. The lowest BCUT2D eigenvalue weighted by Crippen LogP contribution is -2.15. The molecule has 0 saturated heterocycles. The van der Waals surface area contributed by atoms with Crippen LogP contribution in [-0.2, 0) is 0 Å². The lowest BCUT2D eigenvalue weighted by Gasteiger charge is -2.19. The normalized spacial score (nSPS) is 12.0. The second-order valence-corrected chi connectivity index (χ2v) is 6.50. The summed E-state index contributed by atoms with van der Waals surface area (Å²) in [5, 5.41) is 0. The zero-order chi connectivity index (χ0) is 17.1. The van der Waals surface area contributed by atoms with E-state index in [0.717, 1.165) is 16.7 Å². The number of carbonyl (C=O) groups is 1. The average Bonchev–Trinajstić information content (AvgIpc) is 2.57. The lowest BCUT2D eigenvalue weighted by molar-refractivity contribution is 0.0974. The van der Waals surface area contributed by atoms with Gasteiger partial charge >= 0.3 is 0 Å². The van der Waals surface area contributed by atoms with Gasteiger partial charge in [-0.25, -0.2) is 0 Å². The minimum absolute atomic E-state index is 0.143. The Kier molecular flexibility index (Phi) is 4.61. The third kappa shape index (κ3) is 3.46. The standard InChI is InChI=1S/C23H22O/c1-16-9-11-19(12-10-16)22(21-14-17(2)13-18(3)15-21)23(24)20-7-5-4-6-8-20/h4-15,22H,1-3H3. The van der Waals surface area contributed by atoms with Crippen molar-refractivity contribution in [3.05, 3.63) is 106 Å². The minimum atomic E-state index is -0.272. The molecule has 0 radical (unpaired) electrons. The van der Waals surface area contributed by atoms with Crippen LogP contribution in [0.15, 0.2) is 72.8 Å². The molecule has 1 unspecified atom stereocenters. The molecule has 0 saturated carbocycles. The molecule has 120 valence electrons. The van der Waals surface area contributed by atoms with E-state index in [1.54, 1.807) is 0 Å². The fourth-order valence-corrected chi connectivity index (χ4v) is 3.20. The number of benzene rings is 3. The molecule has 0 aromatic heterocycles. The van der Waals surface area contributed by atoms with Gasteiger partial charge in [0.25, 0.3) is 0 Å². The molecule has 3 rings (SSSR count). The smallest absolute Gasteiger partial charge is 0.174 e. The van der Waals surface area contributed by atoms with E-state index in [0.29, 0.717) is 0 Å². The lowest BCUT2D eigenvalue weighted by atomic mass is 9.83. The fraction of sp³-hybridized carbons (Fsp3) is 0.174. The molecule has 0 aliphatic heterocycles. The summed E-state index contributed by atoms with van der Waals surface area (Å²) in [5.74, 6) is -0.129. The van der Waals surface area contributed by atoms with E-state index < -0.39 is 0 Å². The van der Waals surface area contributed by atoms with Crippen LogP contribution in [0.3, 0.4) is 0 Å². The Hall–Kier alpha value is -2.67. The van der Waals surface area contributed by atoms with E-state index in [1.807, 2.05) is 30.3 Å². The van der Waals surface area contributed by atoms with Crippen molar-refractivity contribution in [2.75, 3.05) is 0 Å². The molecule has 0 aliphatic rings. The van der Waals surface area contributed by atoms with Gasteiger partial charge in [-0.2, -0.15) is 0 Å². The summed E-state index contributed by atoms with van der Waals surface area (Å²) in [6.45, 7) is 6.22. The summed E-state index contributed by atoms with van der Waals surface area (Å²) >= 11 is 0. The minimum Gasteiger partial charge on any atom is -0.293 e. The topological polar surface area (TPSA) is 17.1 Å². The van der Waals surface area contributed by atoms with Crippen LogP contribution >= 0.6 is 0 Å². The molecule has 24 heavy (non-hydrogen) atoms. The summed E-state index contributed by atoms with van der Waals surface area (Å²) in [6, 6.07) is 24.2. The quantitative estimate of drug-likeness (QED) is 0.571. The summed E-state index contributed by atoms with van der Waals surface area (Å²) in [7, 11) is 0. The molecular weight excluding hydrogens is 292 g/mol. The number of carbonyl (C=O) groups excluding carboxylic acids is 1. The van der Waals surface area contributed by atoms with Crippen molar-refractivity contribution in [2.24, 2.45) is 0 Å². The Morgan fingerprint density at radius 3 is 1.83 bits per heavy atom. The van der Waals surface area contributed by atoms with Gasteiger partial charge in [-0.3, -0.25) is 4.79 Å². The van der Waals surface area contributed by atoms with Gasteiger partial charge in [-0.1, -0.05) is 89.5 Å². The maximum absolute atomic E-state index is 13.3. The number of Topliss-reactive ketones (excluding diaryl/α,β-unsaturated/α-hetero) is 1. The molecule has 0 aliphatic carbocycles. The predicted octanol–water partition coefficient (Wildman–Crippen LogP) is 5.63. The number of hydrogen-bond donors (Lipinski definition) is 0. The van der Waals surface area contributed by atoms with Crippen LogP contribution in [0.4, 0.5) is 0 Å². The molecule has 3 aromatic carbocycles. The fourth-order valence-electron chi connectivity index (χ4n) is 3.20. The van der Waals surface area contributed by atoms with Crippen molar-refractivity contribution in [1.29, 1.82) is 0 Å². The highest BCUT2D eigenvalue weighted by molar-refractivity contribution is 6.03. The molecule has 1 atom stereocenters. The van der Waals surface area contributed by atoms with Gasteiger partial charge in [0.05, 0.1) is 5.92 Å². The van der Waals surface area contributed by atoms with Gasteiger partial charge in [-0.05, 0) is 31.9 Å². The van der Waals surface area contributed by atoms with Crippen molar-refractivity contribution in [3.8, 4) is 0 Å². The number of rotatable bonds is 4. The molecule has 0 spiro atoms. The Balaban J connectivity index is 2.13. The highest BCUT2D eigenvalue weighted by Gasteiger charge is 2.24. The number of hydrogen-bond acceptors (Lipinski definition) is 1. The zero-order valence-corrected chi connectivity index (χ0v) is 14.4. The Bertz CT molecular complexity index is 825. The molecular formula is C23H22O. The molecule has 0 amide bonds. The van der Waals surface area contributed by atoms with Crippen LogP contribution in [0, 0.1) is 20.8 Å². The van der Waals surface area contributed by atoms with Crippen LogP contribution in [0.1, 0.15) is 44.1 Å². The summed E-state index contributed by atoms with van der Waals surface area (Å²) < 4.78 is 0. The number of ketones is 1. The Morgan fingerprint density at radius 2 is 1.25 bits per heavy atom. The summed E-state index contributed by atoms with van der Waals surface area (Å²) in [4.78, 5) is 13.3. The molecule has 0 bridgehead atoms. The third-order valence-corrected chi connectivity index (χ3v) is 4.31. The van der Waals surface area contributed by atoms with E-state index in [1.165, 1.54) is 16.7 Å². The van der Waals surface area contributed by atoms with Crippen LogP contribution in [0.5, 0.6) is 0 Å². The molecule has 0 N–H and O–H groups in total. The maximum atomic E-state index is 13.3. The summed E-state index contributed by atoms with van der Waals surface area (Å²) in [6.07, 6.45) is 0. The van der Waals surface area contributed by atoms with Gasteiger partial charge in [0.2, 0.25) is 0 Å². The second kappa shape index (κ2) is 6.84. The Morgan fingerprint density at radius 1 is 0.667 bits per heavy atom. The van der Waals surface area contributed by atoms with E-state index in [4.69, 9.17) is 0 Å². The average molecular weight is 314 g/mol. The van der Waals surface area contributed by atoms with Gasteiger partial charge in [0.1, 0.15) is 0 Å². The van der Waals surface area contributed by atoms with E-state index in [9.17, 15) is 4.79 Å². The third-order valence-electron chi connectivity index (χ3n) is 4.31. The van der Waals surface area contributed by atoms with Gasteiger partial charge in [-0.15, -0.1) is 0 Å². The first-order valence-corrected chi connectivity index (χ1v) is 8.28. The largest absolute Gasteiger partial charge is 0.293 e. The Labute approximate surface area is 144 Å². The van der Waals surface area contributed by atoms with Crippen molar-refractivity contribution in [2.45, 2.75) is 26.7 Å². The van der Waals surface area contributed by atoms with Crippen molar-refractivity contribution >= 4 is 5.78 Å². The second-order valence-electron chi connectivity index (χ2n) is 6.50. The molecule has 0 fully saturated rings. The van der Waals surface area contributed by atoms with Crippen molar-refractivity contribution in [1.82, 2.24) is 0 Å². The van der Waals surface area contributed by atoms with Crippen LogP contribution in [-0.4, -0.2) is 5.78 Å². The van der Waals surface area contributed by atoms with Crippen molar-refractivity contribution in [3.63, 3.8) is 0 Å². The monoisotopic (exact) mass is 314 g/mol. The van der Waals surface area contributed by atoms with Gasteiger partial charge in [0, 0.05) is 5.56 Å². The molecule has 3 aromatic rings. The van der Waals surface area contributed by atoms with Crippen molar-refractivity contribution < 1.29 is 4.79 Å². The molecule has 1 nitrogen and oxygen atoms in total. The number of aryl methyl sites for hydroxylation is 3. The van der Waals surface area contributed by atoms with E-state index in [2.05, 4.69) is 63.2 Å². The van der Waals surface area contributed by atoms with Gasteiger partial charge in [0.15, 0.2) is 5.78 Å². The SMILES string of the molecule is Cc1ccc(C(C(=O)c2ccccc2)c2cc(C)cc(C)c2)cc1. The van der Waals surface area contributed by atoms with E-state index >= 15 is 0 Å². The first-order valence-electron chi connectivity index (χ1n) is 8.28. The maximum Gasteiger partial charge on any atom is 0.174 e. The van der Waals surface area contributed by atoms with Gasteiger partial charge < -0.3 is 0 Å². The van der Waals surface area contributed by atoms with Crippen LogP contribution in [0.2, 0.25) is 0 Å². The first kappa shape index (κ1) is 16.2. The highest BCUT2D eigenvalue weighted by Crippen LogP contribution is 2.30. The molecule has 1 heteroatoms. The highest BCUT2D eigenvalue weighted by atomic mass is 16.1. The zero-order valence-electron chi connectivity index (χ0n) is 14.4. The van der Waals surface area contributed by atoms with Crippen LogP contribution < -0.4 is 0 Å². The van der Waals surface area contributed by atoms with Crippen LogP contribution in [0.25, 0.3) is 0 Å². The molecule has 0 heterocycles. The first-order chi connectivity index (χ1) is 11.5. The predicted molar refractivity (Wildman–Crippen MR) is 99.7 cm³/mol.